The van der Waals surface area contributed by atoms with E-state index in [4.69, 9.17) is 0 Å². The summed E-state index contributed by atoms with van der Waals surface area (Å²) in [6.07, 6.45) is 7.41. The van der Waals surface area contributed by atoms with Crippen molar-refractivity contribution in [1.29, 1.82) is 0 Å². The van der Waals surface area contributed by atoms with Gasteiger partial charge >= 0.3 is 0 Å². The van der Waals surface area contributed by atoms with E-state index in [2.05, 4.69) is 37.2 Å². The molecule has 1 aliphatic heterocycles. The van der Waals surface area contributed by atoms with Gasteiger partial charge in [0.2, 0.25) is 0 Å². The Morgan fingerprint density at radius 1 is 1.17 bits per heavy atom. The van der Waals surface area contributed by atoms with E-state index in [-0.39, 0.29) is 0 Å². The molecule has 100 valence electrons. The summed E-state index contributed by atoms with van der Waals surface area (Å²) in [5, 5.41) is 3.47. The van der Waals surface area contributed by atoms with Crippen LogP contribution in [0, 0.1) is 0 Å². The first kappa shape index (κ1) is 14.0. The first-order chi connectivity index (χ1) is 8.84. The van der Waals surface area contributed by atoms with Crippen LogP contribution in [0.25, 0.3) is 0 Å². The van der Waals surface area contributed by atoms with Crippen LogP contribution in [0.15, 0.2) is 22.8 Å². The minimum absolute atomic E-state index is 0.862. The Kier molecular flexibility index (Phi) is 6.11. The van der Waals surface area contributed by atoms with E-state index < -0.39 is 0 Å². The van der Waals surface area contributed by atoms with Crippen molar-refractivity contribution in [3.05, 3.63) is 28.5 Å². The Bertz CT molecular complexity index is 331. The first-order valence-corrected chi connectivity index (χ1v) is 7.67. The van der Waals surface area contributed by atoms with Crippen LogP contribution in [-0.4, -0.2) is 36.1 Å². The molecule has 0 saturated carbocycles. The topological polar surface area (TPSA) is 28.2 Å². The molecule has 0 bridgehead atoms. The number of hydrogen-bond acceptors (Lipinski definition) is 3. The molecule has 2 rings (SSSR count). The molecule has 3 nitrogen and oxygen atoms in total. The van der Waals surface area contributed by atoms with Gasteiger partial charge in [0.1, 0.15) is 0 Å². The van der Waals surface area contributed by atoms with Gasteiger partial charge in [-0.1, -0.05) is 12.8 Å². The van der Waals surface area contributed by atoms with E-state index in [0.29, 0.717) is 0 Å². The van der Waals surface area contributed by atoms with Gasteiger partial charge in [-0.25, -0.2) is 0 Å². The number of hydrogen-bond donors (Lipinski definition) is 1. The first-order valence-electron chi connectivity index (χ1n) is 6.88. The van der Waals surface area contributed by atoms with Crippen LogP contribution in [0.4, 0.5) is 0 Å². The van der Waals surface area contributed by atoms with Crippen LogP contribution in [0.3, 0.4) is 0 Å². The van der Waals surface area contributed by atoms with Gasteiger partial charge in [-0.3, -0.25) is 4.98 Å². The highest BCUT2D eigenvalue weighted by Crippen LogP contribution is 2.09. The van der Waals surface area contributed by atoms with Crippen LogP contribution < -0.4 is 5.32 Å². The fraction of sp³-hybridized carbons (Fsp3) is 0.643. The lowest BCUT2D eigenvalue weighted by Crippen LogP contribution is -2.32. The molecule has 1 N–H and O–H groups in total. The smallest absolute Gasteiger partial charge is 0.0542 e. The lowest BCUT2D eigenvalue weighted by molar-refractivity contribution is 0.284. The van der Waals surface area contributed by atoms with Crippen molar-refractivity contribution in [3.8, 4) is 0 Å². The fourth-order valence-corrected chi connectivity index (χ4v) is 2.56. The van der Waals surface area contributed by atoms with Crippen LogP contribution >= 0.6 is 15.9 Å². The SMILES string of the molecule is Brc1ccc(CNCCN2CCCCCC2)nc1. The summed E-state index contributed by atoms with van der Waals surface area (Å²) in [6, 6.07) is 4.10. The maximum Gasteiger partial charge on any atom is 0.0542 e. The van der Waals surface area contributed by atoms with Gasteiger partial charge < -0.3 is 10.2 Å². The maximum atomic E-state index is 4.35. The van der Waals surface area contributed by atoms with E-state index in [1.165, 1.54) is 38.8 Å². The van der Waals surface area contributed by atoms with Crippen LogP contribution in [-0.2, 0) is 6.54 Å². The molecule has 0 spiro atoms. The van der Waals surface area contributed by atoms with Gasteiger partial charge in [0.05, 0.1) is 5.69 Å². The van der Waals surface area contributed by atoms with Crippen molar-refractivity contribution in [2.75, 3.05) is 26.2 Å². The number of nitrogens with zero attached hydrogens (tertiary/aromatic N) is 2. The van der Waals surface area contributed by atoms with Crippen LogP contribution in [0.1, 0.15) is 31.4 Å². The molecular weight excluding hydrogens is 290 g/mol. The Morgan fingerprint density at radius 2 is 1.94 bits per heavy atom. The van der Waals surface area contributed by atoms with E-state index >= 15 is 0 Å². The lowest BCUT2D eigenvalue weighted by atomic mass is 10.2. The van der Waals surface area contributed by atoms with Crippen molar-refractivity contribution in [1.82, 2.24) is 15.2 Å². The molecule has 4 heteroatoms. The van der Waals surface area contributed by atoms with Gasteiger partial charge in [0.15, 0.2) is 0 Å². The summed E-state index contributed by atoms with van der Waals surface area (Å²) in [4.78, 5) is 6.93. The zero-order chi connectivity index (χ0) is 12.6. The molecule has 0 aromatic carbocycles. The lowest BCUT2D eigenvalue weighted by Gasteiger charge is -2.19. The van der Waals surface area contributed by atoms with Gasteiger partial charge in [-0.05, 0) is 54.0 Å². The molecular formula is C14H22BrN3. The minimum Gasteiger partial charge on any atom is -0.310 e. The molecule has 0 unspecified atom stereocenters. The molecule has 1 fully saturated rings. The second-order valence-corrected chi connectivity index (χ2v) is 5.82. The zero-order valence-corrected chi connectivity index (χ0v) is 12.5. The standard InChI is InChI=1S/C14H22BrN3/c15-13-5-6-14(17-11-13)12-16-7-10-18-8-3-1-2-4-9-18/h5-6,11,16H,1-4,7-10,12H2. The molecule has 0 aliphatic carbocycles. The number of aromatic nitrogens is 1. The number of likely N-dealkylation sites (tertiary alicyclic amines) is 1. The molecule has 0 radical (unpaired) electrons. The normalized spacial score (nSPS) is 17.6. The zero-order valence-electron chi connectivity index (χ0n) is 10.9. The highest BCUT2D eigenvalue weighted by Gasteiger charge is 2.07. The molecule has 1 saturated heterocycles. The Labute approximate surface area is 118 Å². The minimum atomic E-state index is 0.862. The quantitative estimate of drug-likeness (QED) is 0.848. The summed E-state index contributed by atoms with van der Waals surface area (Å²) in [5.41, 5.74) is 1.11. The molecule has 1 aromatic rings. The summed E-state index contributed by atoms with van der Waals surface area (Å²) >= 11 is 3.40. The largest absolute Gasteiger partial charge is 0.310 e. The van der Waals surface area contributed by atoms with E-state index in [1.54, 1.807) is 0 Å². The average Bonchev–Trinajstić information content (AvgIpc) is 2.65. The number of halogens is 1. The van der Waals surface area contributed by atoms with Gasteiger partial charge in [0.25, 0.3) is 0 Å². The summed E-state index contributed by atoms with van der Waals surface area (Å²) in [5.74, 6) is 0. The van der Waals surface area contributed by atoms with Crippen LogP contribution in [0.5, 0.6) is 0 Å². The molecule has 0 atom stereocenters. The predicted molar refractivity (Wildman–Crippen MR) is 78.6 cm³/mol. The molecule has 18 heavy (non-hydrogen) atoms. The Balaban J connectivity index is 1.61. The highest BCUT2D eigenvalue weighted by atomic mass is 79.9. The summed E-state index contributed by atoms with van der Waals surface area (Å²) in [6.45, 7) is 5.63. The third-order valence-corrected chi connectivity index (χ3v) is 3.87. The van der Waals surface area contributed by atoms with Gasteiger partial charge in [0, 0.05) is 30.3 Å². The monoisotopic (exact) mass is 311 g/mol. The van der Waals surface area contributed by atoms with Crippen molar-refractivity contribution in [3.63, 3.8) is 0 Å². The number of rotatable bonds is 5. The van der Waals surface area contributed by atoms with Crippen molar-refractivity contribution < 1.29 is 0 Å². The van der Waals surface area contributed by atoms with Gasteiger partial charge in [-0.15, -0.1) is 0 Å². The summed E-state index contributed by atoms with van der Waals surface area (Å²) < 4.78 is 1.04. The third-order valence-electron chi connectivity index (χ3n) is 3.40. The molecule has 1 aliphatic rings. The number of pyridine rings is 1. The number of nitrogens with one attached hydrogen (secondary N) is 1. The fourth-order valence-electron chi connectivity index (χ4n) is 2.32. The molecule has 0 amide bonds. The Hall–Kier alpha value is -0.450. The van der Waals surface area contributed by atoms with E-state index in [9.17, 15) is 0 Å². The van der Waals surface area contributed by atoms with Crippen molar-refractivity contribution in [2.45, 2.75) is 32.2 Å². The maximum absolute atomic E-state index is 4.35. The van der Waals surface area contributed by atoms with Crippen molar-refractivity contribution in [2.24, 2.45) is 0 Å². The van der Waals surface area contributed by atoms with Gasteiger partial charge in [-0.2, -0.15) is 0 Å². The second kappa shape index (κ2) is 7.87. The third kappa shape index (κ3) is 5.04. The highest BCUT2D eigenvalue weighted by molar-refractivity contribution is 9.10. The van der Waals surface area contributed by atoms with E-state index in [1.807, 2.05) is 12.3 Å². The average molecular weight is 312 g/mol. The Morgan fingerprint density at radius 3 is 2.61 bits per heavy atom. The molecule has 1 aromatic heterocycles. The summed E-state index contributed by atoms with van der Waals surface area (Å²) in [7, 11) is 0. The predicted octanol–water partition coefficient (Wildman–Crippen LogP) is 2.81. The van der Waals surface area contributed by atoms with Crippen molar-refractivity contribution >= 4 is 15.9 Å². The second-order valence-electron chi connectivity index (χ2n) is 4.90. The van der Waals surface area contributed by atoms with Crippen LogP contribution in [0.2, 0.25) is 0 Å². The van der Waals surface area contributed by atoms with E-state index in [0.717, 1.165) is 29.8 Å². The molecule has 2 heterocycles.